The van der Waals surface area contributed by atoms with Gasteiger partial charge in [0.05, 0.1) is 0 Å². The van der Waals surface area contributed by atoms with Gasteiger partial charge in [-0.2, -0.15) is 4.31 Å². The summed E-state index contributed by atoms with van der Waals surface area (Å²) in [4.78, 5) is -0.365. The van der Waals surface area contributed by atoms with Crippen LogP contribution < -0.4 is 0 Å². The number of hydrogen-bond donors (Lipinski definition) is 1. The van der Waals surface area contributed by atoms with E-state index in [0.29, 0.717) is 13.0 Å². The molecule has 1 aliphatic heterocycles. The van der Waals surface area contributed by atoms with Crippen molar-refractivity contribution in [2.45, 2.75) is 17.7 Å². The van der Waals surface area contributed by atoms with Gasteiger partial charge in [-0.05, 0) is 37.0 Å². The topological polar surface area (TPSA) is 57.6 Å². The summed E-state index contributed by atoms with van der Waals surface area (Å²) in [5, 5.41) is 9.28. The van der Waals surface area contributed by atoms with Crippen LogP contribution in [0.2, 0.25) is 5.02 Å². The van der Waals surface area contributed by atoms with E-state index in [4.69, 9.17) is 16.7 Å². The van der Waals surface area contributed by atoms with Crippen LogP contribution in [-0.2, 0) is 10.0 Å². The summed E-state index contributed by atoms with van der Waals surface area (Å²) < 4.78 is 39.7. The largest absolute Gasteiger partial charge is 0.396 e. The molecule has 0 bridgehead atoms. The van der Waals surface area contributed by atoms with Gasteiger partial charge in [0.1, 0.15) is 10.7 Å². The molecule has 1 aromatic rings. The standard InChI is InChI=1S/C12H15ClFNO3S/c13-10-3-4-12(11(14)6-10)19(17,18)15-5-1-2-9(7-15)8-16/h3-4,6,9,16H,1-2,5,7-8H2. The Kier molecular flexibility index (Phi) is 4.45. The van der Waals surface area contributed by atoms with Gasteiger partial charge >= 0.3 is 0 Å². The van der Waals surface area contributed by atoms with Gasteiger partial charge in [-0.1, -0.05) is 11.6 Å². The highest BCUT2D eigenvalue weighted by atomic mass is 35.5. The molecule has 1 aromatic carbocycles. The normalized spacial score (nSPS) is 21.5. The van der Waals surface area contributed by atoms with Crippen LogP contribution in [0, 0.1) is 11.7 Å². The Morgan fingerprint density at radius 2 is 2.21 bits per heavy atom. The van der Waals surface area contributed by atoms with Crippen molar-refractivity contribution >= 4 is 21.6 Å². The van der Waals surface area contributed by atoms with E-state index in [9.17, 15) is 12.8 Å². The second kappa shape index (κ2) is 5.75. The van der Waals surface area contributed by atoms with E-state index >= 15 is 0 Å². The third-order valence-corrected chi connectivity index (χ3v) is 5.39. The lowest BCUT2D eigenvalue weighted by Gasteiger charge is -2.31. The zero-order valence-corrected chi connectivity index (χ0v) is 11.8. The molecule has 1 fully saturated rings. The number of aliphatic hydroxyl groups excluding tert-OH is 1. The molecule has 1 aliphatic rings. The summed E-state index contributed by atoms with van der Waals surface area (Å²) in [6.07, 6.45) is 1.45. The van der Waals surface area contributed by atoms with Crippen molar-refractivity contribution < 1.29 is 17.9 Å². The molecule has 1 unspecified atom stereocenters. The maximum absolute atomic E-state index is 13.7. The Bertz CT molecular complexity index is 564. The molecule has 0 saturated carbocycles. The van der Waals surface area contributed by atoms with Crippen molar-refractivity contribution in [3.63, 3.8) is 0 Å². The number of hydrogen-bond acceptors (Lipinski definition) is 3. The second-order valence-corrected chi connectivity index (χ2v) is 6.97. The minimum atomic E-state index is -3.86. The van der Waals surface area contributed by atoms with Crippen molar-refractivity contribution in [1.82, 2.24) is 4.31 Å². The summed E-state index contributed by atoms with van der Waals surface area (Å²) in [5.41, 5.74) is 0. The Hall–Kier alpha value is -0.690. The smallest absolute Gasteiger partial charge is 0.245 e. The number of benzene rings is 1. The average molecular weight is 308 g/mol. The first-order valence-corrected chi connectivity index (χ1v) is 7.83. The van der Waals surface area contributed by atoms with Gasteiger partial charge in [0, 0.05) is 24.7 Å². The van der Waals surface area contributed by atoms with Gasteiger partial charge in [-0.15, -0.1) is 0 Å². The highest BCUT2D eigenvalue weighted by molar-refractivity contribution is 7.89. The first-order valence-electron chi connectivity index (χ1n) is 6.01. The molecule has 0 spiro atoms. The molecule has 0 aromatic heterocycles. The summed E-state index contributed by atoms with van der Waals surface area (Å²) in [5.74, 6) is -0.933. The molecule has 0 aliphatic carbocycles. The lowest BCUT2D eigenvalue weighted by atomic mass is 10.0. The lowest BCUT2D eigenvalue weighted by molar-refractivity contribution is 0.165. The van der Waals surface area contributed by atoms with E-state index < -0.39 is 15.8 Å². The zero-order chi connectivity index (χ0) is 14.0. The molecule has 1 N–H and O–H groups in total. The van der Waals surface area contributed by atoms with E-state index in [1.807, 2.05) is 0 Å². The summed E-state index contributed by atoms with van der Waals surface area (Å²) in [6.45, 7) is 0.511. The van der Waals surface area contributed by atoms with Crippen molar-refractivity contribution in [3.05, 3.63) is 29.0 Å². The van der Waals surface area contributed by atoms with Crippen molar-refractivity contribution in [2.75, 3.05) is 19.7 Å². The van der Waals surface area contributed by atoms with Crippen LogP contribution in [0.5, 0.6) is 0 Å². The van der Waals surface area contributed by atoms with Gasteiger partial charge in [0.15, 0.2) is 0 Å². The third-order valence-electron chi connectivity index (χ3n) is 3.25. The Labute approximate surface area is 116 Å². The van der Waals surface area contributed by atoms with E-state index in [2.05, 4.69) is 0 Å². The van der Waals surface area contributed by atoms with Gasteiger partial charge in [-0.25, -0.2) is 12.8 Å². The Balaban J connectivity index is 2.31. The average Bonchev–Trinajstić information content (AvgIpc) is 2.38. The fourth-order valence-corrected chi connectivity index (χ4v) is 3.98. The van der Waals surface area contributed by atoms with E-state index in [1.165, 1.54) is 16.4 Å². The number of piperidine rings is 1. The number of nitrogens with zero attached hydrogens (tertiary/aromatic N) is 1. The predicted molar refractivity (Wildman–Crippen MR) is 70.0 cm³/mol. The second-order valence-electron chi connectivity index (χ2n) is 4.63. The summed E-state index contributed by atoms with van der Waals surface area (Å²) in [6, 6.07) is 3.52. The molecule has 4 nitrogen and oxygen atoms in total. The number of rotatable bonds is 3. The SMILES string of the molecule is O=S(=O)(c1ccc(Cl)cc1F)N1CCCC(CO)C1. The highest BCUT2D eigenvalue weighted by Crippen LogP contribution is 2.26. The Morgan fingerprint density at radius 3 is 2.84 bits per heavy atom. The highest BCUT2D eigenvalue weighted by Gasteiger charge is 2.31. The maximum Gasteiger partial charge on any atom is 0.245 e. The van der Waals surface area contributed by atoms with Crippen molar-refractivity contribution in [1.29, 1.82) is 0 Å². The molecule has 0 amide bonds. The molecular formula is C12H15ClFNO3S. The zero-order valence-electron chi connectivity index (χ0n) is 10.2. The fourth-order valence-electron chi connectivity index (χ4n) is 2.22. The molecule has 106 valence electrons. The lowest BCUT2D eigenvalue weighted by Crippen LogP contribution is -2.41. The number of sulfonamides is 1. The van der Waals surface area contributed by atoms with Crippen LogP contribution in [-0.4, -0.2) is 37.5 Å². The molecule has 0 radical (unpaired) electrons. The Morgan fingerprint density at radius 1 is 1.47 bits per heavy atom. The molecule has 7 heteroatoms. The van der Waals surface area contributed by atoms with Gasteiger partial charge in [-0.3, -0.25) is 0 Å². The van der Waals surface area contributed by atoms with Gasteiger partial charge in [0.2, 0.25) is 10.0 Å². The third kappa shape index (κ3) is 3.08. The van der Waals surface area contributed by atoms with E-state index in [-0.39, 0.29) is 29.0 Å². The van der Waals surface area contributed by atoms with Crippen LogP contribution in [0.1, 0.15) is 12.8 Å². The number of halogens is 2. The van der Waals surface area contributed by atoms with Crippen molar-refractivity contribution in [3.8, 4) is 0 Å². The van der Waals surface area contributed by atoms with Crippen LogP contribution in [0.3, 0.4) is 0 Å². The first kappa shape index (κ1) is 14.7. The molecule has 1 heterocycles. The summed E-state index contributed by atoms with van der Waals surface area (Å²) >= 11 is 5.62. The van der Waals surface area contributed by atoms with Gasteiger partial charge in [0.25, 0.3) is 0 Å². The van der Waals surface area contributed by atoms with Crippen LogP contribution in [0.15, 0.2) is 23.1 Å². The van der Waals surface area contributed by atoms with E-state index in [0.717, 1.165) is 12.5 Å². The monoisotopic (exact) mass is 307 g/mol. The fraction of sp³-hybridized carbons (Fsp3) is 0.500. The predicted octanol–water partition coefficient (Wildman–Crippen LogP) is 1.87. The van der Waals surface area contributed by atoms with Gasteiger partial charge < -0.3 is 5.11 Å². The molecule has 2 rings (SSSR count). The molecule has 1 saturated heterocycles. The van der Waals surface area contributed by atoms with Crippen LogP contribution in [0.25, 0.3) is 0 Å². The first-order chi connectivity index (χ1) is 8.95. The summed E-state index contributed by atoms with van der Waals surface area (Å²) in [7, 11) is -3.86. The van der Waals surface area contributed by atoms with Crippen LogP contribution >= 0.6 is 11.6 Å². The minimum absolute atomic E-state index is 0.0604. The van der Waals surface area contributed by atoms with E-state index in [1.54, 1.807) is 0 Å². The molecule has 1 atom stereocenters. The quantitative estimate of drug-likeness (QED) is 0.927. The van der Waals surface area contributed by atoms with Crippen molar-refractivity contribution in [2.24, 2.45) is 5.92 Å². The minimum Gasteiger partial charge on any atom is -0.396 e. The van der Waals surface area contributed by atoms with Crippen LogP contribution in [0.4, 0.5) is 4.39 Å². The molecule has 19 heavy (non-hydrogen) atoms. The number of aliphatic hydroxyl groups is 1. The molecular weight excluding hydrogens is 293 g/mol. The maximum atomic E-state index is 13.7.